The van der Waals surface area contributed by atoms with Gasteiger partial charge in [0.05, 0.1) is 17.7 Å². The minimum Gasteiger partial charge on any atom is -0.479 e. The highest BCUT2D eigenvalue weighted by Gasteiger charge is 2.33. The summed E-state index contributed by atoms with van der Waals surface area (Å²) >= 11 is 0. The van der Waals surface area contributed by atoms with E-state index in [4.69, 9.17) is 14.7 Å². The van der Waals surface area contributed by atoms with E-state index >= 15 is 0 Å². The molecule has 1 amide bonds. The summed E-state index contributed by atoms with van der Waals surface area (Å²) < 4.78 is 10.4. The SMILES string of the molecule is C[C@H](Oc1ccc(C#N)cc1)C(=O)OCC(=O)NC1(C#N)CCCCC1. The van der Waals surface area contributed by atoms with E-state index in [1.807, 2.05) is 6.07 Å². The number of carbonyl (C=O) groups is 2. The standard InChI is InChI=1S/C19H21N3O4/c1-14(26-16-7-5-15(11-20)6-8-16)18(24)25-12-17(23)22-19(13-21)9-3-2-4-10-19/h5-8,14H,2-4,9-10,12H2,1H3,(H,22,23)/t14-/m0/s1. The highest BCUT2D eigenvalue weighted by molar-refractivity contribution is 5.82. The molecule has 1 aromatic rings. The summed E-state index contributed by atoms with van der Waals surface area (Å²) in [5, 5.41) is 20.8. The third-order valence-corrected chi connectivity index (χ3v) is 4.27. The number of rotatable bonds is 6. The topological polar surface area (TPSA) is 112 Å². The smallest absolute Gasteiger partial charge is 0.347 e. The van der Waals surface area contributed by atoms with E-state index in [1.165, 1.54) is 6.92 Å². The lowest BCUT2D eigenvalue weighted by Crippen LogP contribution is -2.50. The first-order chi connectivity index (χ1) is 12.5. The van der Waals surface area contributed by atoms with Crippen molar-refractivity contribution < 1.29 is 19.1 Å². The molecule has 26 heavy (non-hydrogen) atoms. The number of nitrogens with one attached hydrogen (secondary N) is 1. The Morgan fingerprint density at radius 2 is 1.85 bits per heavy atom. The molecule has 1 aliphatic carbocycles. The molecular weight excluding hydrogens is 334 g/mol. The molecule has 0 unspecified atom stereocenters. The van der Waals surface area contributed by atoms with Crippen LogP contribution in [0.25, 0.3) is 0 Å². The van der Waals surface area contributed by atoms with Crippen molar-refractivity contribution in [3.63, 3.8) is 0 Å². The van der Waals surface area contributed by atoms with Gasteiger partial charge in [0.2, 0.25) is 0 Å². The zero-order valence-electron chi connectivity index (χ0n) is 14.7. The molecule has 1 atom stereocenters. The molecule has 0 heterocycles. The maximum atomic E-state index is 12.0. The Bertz CT molecular complexity index is 725. The normalized spacial score (nSPS) is 16.4. The lowest BCUT2D eigenvalue weighted by atomic mass is 9.83. The molecule has 7 heteroatoms. The quantitative estimate of drug-likeness (QED) is 0.783. The zero-order chi connectivity index (χ0) is 19.0. The number of nitrogens with zero attached hydrogens (tertiary/aromatic N) is 2. The van der Waals surface area contributed by atoms with E-state index in [2.05, 4.69) is 11.4 Å². The van der Waals surface area contributed by atoms with Gasteiger partial charge in [0.25, 0.3) is 5.91 Å². The molecule has 2 rings (SSSR count). The molecule has 0 radical (unpaired) electrons. The van der Waals surface area contributed by atoms with Crippen LogP contribution in [0, 0.1) is 22.7 Å². The van der Waals surface area contributed by atoms with E-state index in [9.17, 15) is 14.9 Å². The van der Waals surface area contributed by atoms with E-state index in [0.29, 0.717) is 24.2 Å². The molecule has 1 fully saturated rings. The maximum Gasteiger partial charge on any atom is 0.347 e. The first kappa shape index (κ1) is 19.3. The Hall–Kier alpha value is -3.06. The number of carbonyl (C=O) groups excluding carboxylic acids is 2. The molecule has 0 saturated heterocycles. The van der Waals surface area contributed by atoms with Crippen LogP contribution in [0.2, 0.25) is 0 Å². The maximum absolute atomic E-state index is 12.0. The Morgan fingerprint density at radius 3 is 2.42 bits per heavy atom. The molecule has 1 saturated carbocycles. The number of esters is 1. The average Bonchev–Trinajstić information content (AvgIpc) is 2.67. The van der Waals surface area contributed by atoms with Gasteiger partial charge in [0, 0.05) is 0 Å². The molecule has 0 aromatic heterocycles. The fourth-order valence-electron chi connectivity index (χ4n) is 2.84. The summed E-state index contributed by atoms with van der Waals surface area (Å²) in [7, 11) is 0. The minimum atomic E-state index is -0.907. The van der Waals surface area contributed by atoms with Crippen LogP contribution in [0.15, 0.2) is 24.3 Å². The fourth-order valence-corrected chi connectivity index (χ4v) is 2.84. The van der Waals surface area contributed by atoms with Crippen LogP contribution in [-0.2, 0) is 14.3 Å². The number of hydrogen-bond acceptors (Lipinski definition) is 6. The first-order valence-corrected chi connectivity index (χ1v) is 8.54. The summed E-state index contributed by atoms with van der Waals surface area (Å²) in [4.78, 5) is 24.0. The van der Waals surface area contributed by atoms with Crippen molar-refractivity contribution in [2.45, 2.75) is 50.7 Å². The van der Waals surface area contributed by atoms with E-state index in [-0.39, 0.29) is 0 Å². The summed E-state index contributed by atoms with van der Waals surface area (Å²) in [6.07, 6.45) is 3.16. The molecule has 136 valence electrons. The molecule has 1 aliphatic rings. The van der Waals surface area contributed by atoms with Crippen LogP contribution in [-0.4, -0.2) is 30.1 Å². The van der Waals surface area contributed by atoms with Crippen molar-refractivity contribution >= 4 is 11.9 Å². The van der Waals surface area contributed by atoms with Crippen molar-refractivity contribution in [3.8, 4) is 17.9 Å². The molecule has 1 aromatic carbocycles. The highest BCUT2D eigenvalue weighted by Crippen LogP contribution is 2.27. The van der Waals surface area contributed by atoms with Crippen LogP contribution in [0.1, 0.15) is 44.6 Å². The Kier molecular flexibility index (Phi) is 6.57. The second-order valence-electron chi connectivity index (χ2n) is 6.31. The van der Waals surface area contributed by atoms with Crippen LogP contribution in [0.5, 0.6) is 5.75 Å². The lowest BCUT2D eigenvalue weighted by molar-refractivity contribution is -0.155. The number of hydrogen-bond donors (Lipinski definition) is 1. The average molecular weight is 355 g/mol. The van der Waals surface area contributed by atoms with Gasteiger partial charge in [0.1, 0.15) is 11.3 Å². The molecule has 0 aliphatic heterocycles. The largest absolute Gasteiger partial charge is 0.479 e. The van der Waals surface area contributed by atoms with E-state index in [1.54, 1.807) is 24.3 Å². The van der Waals surface area contributed by atoms with Gasteiger partial charge in [0.15, 0.2) is 12.7 Å². The van der Waals surface area contributed by atoms with Gasteiger partial charge in [-0.05, 0) is 44.0 Å². The van der Waals surface area contributed by atoms with E-state index in [0.717, 1.165) is 19.3 Å². The summed E-state index contributed by atoms with van der Waals surface area (Å²) in [5.41, 5.74) is -0.370. The van der Waals surface area contributed by atoms with Crippen LogP contribution < -0.4 is 10.1 Å². The van der Waals surface area contributed by atoms with Gasteiger partial charge in [-0.2, -0.15) is 10.5 Å². The summed E-state index contributed by atoms with van der Waals surface area (Å²) in [6, 6.07) is 10.5. The van der Waals surface area contributed by atoms with Crippen molar-refractivity contribution in [3.05, 3.63) is 29.8 Å². The third kappa shape index (κ3) is 5.22. The number of benzene rings is 1. The summed E-state index contributed by atoms with van der Waals surface area (Å²) in [5.74, 6) is -0.755. The predicted molar refractivity (Wildman–Crippen MR) is 91.8 cm³/mol. The lowest BCUT2D eigenvalue weighted by Gasteiger charge is -2.31. The third-order valence-electron chi connectivity index (χ3n) is 4.27. The zero-order valence-corrected chi connectivity index (χ0v) is 14.7. The minimum absolute atomic E-state index is 0.420. The molecule has 7 nitrogen and oxygen atoms in total. The number of amides is 1. The monoisotopic (exact) mass is 355 g/mol. The van der Waals surface area contributed by atoms with Crippen LogP contribution in [0.4, 0.5) is 0 Å². The fraction of sp³-hybridized carbons (Fsp3) is 0.474. The van der Waals surface area contributed by atoms with Crippen molar-refractivity contribution in [1.82, 2.24) is 5.32 Å². The van der Waals surface area contributed by atoms with Gasteiger partial charge in [-0.15, -0.1) is 0 Å². The van der Waals surface area contributed by atoms with Crippen LogP contribution in [0.3, 0.4) is 0 Å². The Morgan fingerprint density at radius 1 is 1.19 bits per heavy atom. The molecule has 0 bridgehead atoms. The van der Waals surface area contributed by atoms with Crippen LogP contribution >= 0.6 is 0 Å². The summed E-state index contributed by atoms with van der Waals surface area (Å²) in [6.45, 7) is 1.06. The molecule has 1 N–H and O–H groups in total. The van der Waals surface area contributed by atoms with Gasteiger partial charge >= 0.3 is 5.97 Å². The first-order valence-electron chi connectivity index (χ1n) is 8.54. The highest BCUT2D eigenvalue weighted by atomic mass is 16.6. The van der Waals surface area contributed by atoms with Gasteiger partial charge in [-0.25, -0.2) is 4.79 Å². The Balaban J connectivity index is 1.80. The number of nitriles is 2. The molecule has 0 spiro atoms. The van der Waals surface area contributed by atoms with E-state index < -0.39 is 30.1 Å². The molecular formula is C19H21N3O4. The van der Waals surface area contributed by atoms with Crippen molar-refractivity contribution in [1.29, 1.82) is 10.5 Å². The van der Waals surface area contributed by atoms with Gasteiger partial charge < -0.3 is 14.8 Å². The van der Waals surface area contributed by atoms with Crippen molar-refractivity contribution in [2.24, 2.45) is 0 Å². The Labute approximate surface area is 152 Å². The second-order valence-corrected chi connectivity index (χ2v) is 6.31. The predicted octanol–water partition coefficient (Wildman–Crippen LogP) is 2.21. The van der Waals surface area contributed by atoms with Crippen molar-refractivity contribution in [2.75, 3.05) is 6.61 Å². The number of ether oxygens (including phenoxy) is 2. The second kappa shape index (κ2) is 8.87. The van der Waals surface area contributed by atoms with Gasteiger partial charge in [-0.3, -0.25) is 4.79 Å². The van der Waals surface area contributed by atoms with Gasteiger partial charge in [-0.1, -0.05) is 19.3 Å².